The third-order valence-electron chi connectivity index (χ3n) is 2.84. The molecule has 2 aliphatic rings. The maximum Gasteiger partial charge on any atom is 0.133 e. The topological polar surface area (TPSA) is 17.1 Å². The fourth-order valence-corrected chi connectivity index (χ4v) is 2.04. The van der Waals surface area contributed by atoms with Crippen molar-refractivity contribution in [3.8, 4) is 0 Å². The molecule has 2 fully saturated rings. The molecule has 2 saturated carbocycles. The third kappa shape index (κ3) is 1.23. The fraction of sp³-hybridized carbons (Fsp3) is 0.889. The van der Waals surface area contributed by atoms with Gasteiger partial charge in [-0.05, 0) is 24.7 Å². The van der Waals surface area contributed by atoms with E-state index in [1.807, 2.05) is 0 Å². The summed E-state index contributed by atoms with van der Waals surface area (Å²) in [6.07, 6.45) is 6.98. The van der Waals surface area contributed by atoms with Gasteiger partial charge in [-0.2, -0.15) is 0 Å². The molecular formula is C9H14O. The van der Waals surface area contributed by atoms with Gasteiger partial charge in [0.05, 0.1) is 0 Å². The number of carbonyl (C=O) groups excluding carboxylic acids is 1. The van der Waals surface area contributed by atoms with Gasteiger partial charge in [0.15, 0.2) is 0 Å². The molecular weight excluding hydrogens is 124 g/mol. The number of ketones is 1. The van der Waals surface area contributed by atoms with Gasteiger partial charge >= 0.3 is 0 Å². The normalized spacial score (nSPS) is 39.8. The van der Waals surface area contributed by atoms with E-state index in [9.17, 15) is 4.79 Å². The lowest BCUT2D eigenvalue weighted by atomic mass is 10.0. The van der Waals surface area contributed by atoms with E-state index in [0.717, 1.165) is 31.1 Å². The van der Waals surface area contributed by atoms with E-state index in [4.69, 9.17) is 0 Å². The summed E-state index contributed by atoms with van der Waals surface area (Å²) in [6.45, 7) is 0. The molecule has 0 amide bonds. The molecule has 0 aromatic carbocycles. The van der Waals surface area contributed by atoms with Crippen LogP contribution in [0.4, 0.5) is 0 Å². The predicted molar refractivity (Wildman–Crippen MR) is 39.7 cm³/mol. The highest BCUT2D eigenvalue weighted by Gasteiger charge is 2.38. The lowest BCUT2D eigenvalue weighted by Gasteiger charge is -2.04. The molecule has 0 saturated heterocycles. The van der Waals surface area contributed by atoms with Crippen molar-refractivity contribution in [1.29, 1.82) is 0 Å². The Morgan fingerprint density at radius 3 is 3.00 bits per heavy atom. The summed E-state index contributed by atoms with van der Waals surface area (Å²) in [5.41, 5.74) is 0. The molecule has 56 valence electrons. The Kier molecular flexibility index (Phi) is 1.51. The molecule has 10 heavy (non-hydrogen) atoms. The van der Waals surface area contributed by atoms with Gasteiger partial charge < -0.3 is 0 Å². The molecule has 2 atom stereocenters. The quantitative estimate of drug-likeness (QED) is 0.501. The first kappa shape index (κ1) is 6.38. The molecule has 0 bridgehead atoms. The van der Waals surface area contributed by atoms with Crippen LogP contribution in [0.1, 0.15) is 38.5 Å². The monoisotopic (exact) mass is 138 g/mol. The zero-order valence-corrected chi connectivity index (χ0v) is 6.31. The number of hydrogen-bond donors (Lipinski definition) is 0. The molecule has 0 aliphatic heterocycles. The summed E-state index contributed by atoms with van der Waals surface area (Å²) in [5.74, 6) is 2.28. The van der Waals surface area contributed by atoms with Crippen molar-refractivity contribution in [1.82, 2.24) is 0 Å². The number of fused-ring (bicyclic) bond motifs is 1. The lowest BCUT2D eigenvalue weighted by molar-refractivity contribution is -0.119. The Labute approximate surface area is 61.8 Å². The van der Waals surface area contributed by atoms with Crippen molar-refractivity contribution in [3.63, 3.8) is 0 Å². The van der Waals surface area contributed by atoms with Crippen LogP contribution in [0.25, 0.3) is 0 Å². The Balaban J connectivity index is 1.91. The molecule has 0 radical (unpaired) electrons. The van der Waals surface area contributed by atoms with E-state index in [1.54, 1.807) is 0 Å². The molecule has 0 unspecified atom stereocenters. The van der Waals surface area contributed by atoms with Crippen molar-refractivity contribution in [2.45, 2.75) is 38.5 Å². The molecule has 1 heteroatoms. The number of Topliss-reactive ketones (excluding diaryl/α,β-unsaturated/α-hetero) is 1. The van der Waals surface area contributed by atoms with E-state index < -0.39 is 0 Å². The summed E-state index contributed by atoms with van der Waals surface area (Å²) in [4.78, 5) is 11.1. The van der Waals surface area contributed by atoms with Gasteiger partial charge in [-0.3, -0.25) is 4.79 Å². The van der Waals surface area contributed by atoms with Gasteiger partial charge in [-0.1, -0.05) is 12.8 Å². The summed E-state index contributed by atoms with van der Waals surface area (Å²) in [7, 11) is 0. The first-order chi connectivity index (χ1) is 4.86. The molecule has 0 heterocycles. The maximum absolute atomic E-state index is 11.1. The Hall–Kier alpha value is -0.330. The number of carbonyl (C=O) groups is 1. The van der Waals surface area contributed by atoms with E-state index in [-0.39, 0.29) is 0 Å². The summed E-state index contributed by atoms with van der Waals surface area (Å²) in [5, 5.41) is 0. The Bertz CT molecular complexity index is 151. The van der Waals surface area contributed by atoms with Gasteiger partial charge in [0.1, 0.15) is 5.78 Å². The van der Waals surface area contributed by atoms with Crippen LogP contribution in [0.3, 0.4) is 0 Å². The van der Waals surface area contributed by atoms with Crippen molar-refractivity contribution < 1.29 is 4.79 Å². The van der Waals surface area contributed by atoms with Crippen LogP contribution in [0, 0.1) is 11.8 Å². The highest BCUT2D eigenvalue weighted by Crippen LogP contribution is 2.46. The SMILES string of the molecule is O=C1CCCC[C@H]2C[C@H]2C1. The van der Waals surface area contributed by atoms with Crippen molar-refractivity contribution in [3.05, 3.63) is 0 Å². The van der Waals surface area contributed by atoms with Crippen molar-refractivity contribution >= 4 is 5.78 Å². The summed E-state index contributed by atoms with van der Waals surface area (Å²) >= 11 is 0. The summed E-state index contributed by atoms with van der Waals surface area (Å²) < 4.78 is 0. The minimum absolute atomic E-state index is 0.521. The molecule has 1 nitrogen and oxygen atoms in total. The minimum atomic E-state index is 0.521. The van der Waals surface area contributed by atoms with E-state index >= 15 is 0 Å². The van der Waals surface area contributed by atoms with E-state index in [2.05, 4.69) is 0 Å². The minimum Gasteiger partial charge on any atom is -0.300 e. The second-order valence-corrected chi connectivity index (χ2v) is 3.74. The zero-order valence-electron chi connectivity index (χ0n) is 6.31. The van der Waals surface area contributed by atoms with Gasteiger partial charge in [-0.25, -0.2) is 0 Å². The Morgan fingerprint density at radius 2 is 2.10 bits per heavy atom. The third-order valence-corrected chi connectivity index (χ3v) is 2.84. The second-order valence-electron chi connectivity index (χ2n) is 3.74. The lowest BCUT2D eigenvalue weighted by Crippen LogP contribution is -2.02. The van der Waals surface area contributed by atoms with Gasteiger partial charge in [0, 0.05) is 12.8 Å². The fourth-order valence-electron chi connectivity index (χ4n) is 2.04. The predicted octanol–water partition coefficient (Wildman–Crippen LogP) is 2.16. The van der Waals surface area contributed by atoms with Crippen LogP contribution < -0.4 is 0 Å². The van der Waals surface area contributed by atoms with Crippen LogP contribution in [0.5, 0.6) is 0 Å². The van der Waals surface area contributed by atoms with Crippen LogP contribution in [-0.2, 0) is 4.79 Å². The van der Waals surface area contributed by atoms with Crippen LogP contribution >= 0.6 is 0 Å². The second kappa shape index (κ2) is 2.37. The molecule has 2 rings (SSSR count). The molecule has 2 aliphatic carbocycles. The molecule has 0 spiro atoms. The van der Waals surface area contributed by atoms with Crippen LogP contribution in [-0.4, -0.2) is 5.78 Å². The van der Waals surface area contributed by atoms with E-state index in [1.165, 1.54) is 19.3 Å². The highest BCUT2D eigenvalue weighted by molar-refractivity contribution is 5.79. The van der Waals surface area contributed by atoms with Crippen molar-refractivity contribution in [2.24, 2.45) is 11.8 Å². The van der Waals surface area contributed by atoms with Gasteiger partial charge in [0.25, 0.3) is 0 Å². The first-order valence-corrected chi connectivity index (χ1v) is 4.38. The number of hydrogen-bond acceptors (Lipinski definition) is 1. The highest BCUT2D eigenvalue weighted by atomic mass is 16.1. The maximum atomic E-state index is 11.1. The Morgan fingerprint density at radius 1 is 1.20 bits per heavy atom. The zero-order chi connectivity index (χ0) is 6.97. The van der Waals surface area contributed by atoms with Crippen LogP contribution in [0.2, 0.25) is 0 Å². The summed E-state index contributed by atoms with van der Waals surface area (Å²) in [6, 6.07) is 0. The van der Waals surface area contributed by atoms with E-state index in [0.29, 0.717) is 5.78 Å². The smallest absolute Gasteiger partial charge is 0.133 e. The van der Waals surface area contributed by atoms with Gasteiger partial charge in [0.2, 0.25) is 0 Å². The van der Waals surface area contributed by atoms with Crippen LogP contribution in [0.15, 0.2) is 0 Å². The molecule has 0 aromatic rings. The average molecular weight is 138 g/mol. The molecule has 0 N–H and O–H groups in total. The molecule has 0 aromatic heterocycles. The average Bonchev–Trinajstić information content (AvgIpc) is 2.54. The largest absolute Gasteiger partial charge is 0.300 e. The van der Waals surface area contributed by atoms with Crippen molar-refractivity contribution in [2.75, 3.05) is 0 Å². The standard InChI is InChI=1S/C9H14O/c10-9-4-2-1-3-7-5-8(7)6-9/h7-8H,1-6H2/t7-,8-/m0/s1. The number of rotatable bonds is 0. The first-order valence-electron chi connectivity index (χ1n) is 4.38. The van der Waals surface area contributed by atoms with Gasteiger partial charge in [-0.15, -0.1) is 0 Å².